The molecule has 1 aromatic heterocycles. The van der Waals surface area contributed by atoms with Crippen molar-refractivity contribution in [3.8, 4) is 11.8 Å². The van der Waals surface area contributed by atoms with Crippen LogP contribution in [-0.4, -0.2) is 10.1 Å². The highest BCUT2D eigenvalue weighted by Gasteiger charge is 2.02. The molecule has 5 heteroatoms. The zero-order valence-corrected chi connectivity index (χ0v) is 10.1. The van der Waals surface area contributed by atoms with E-state index in [-0.39, 0.29) is 5.75 Å². The van der Waals surface area contributed by atoms with E-state index in [1.165, 1.54) is 6.20 Å². The standard InChI is InChI=1S/C13H10ClN3O/c14-12-4-1-9(6-15)5-13(12)17-7-10-2-3-11(18)8-16-10/h1-5,8,17-18H,7H2. The average Bonchev–Trinajstić information content (AvgIpc) is 2.40. The molecule has 0 atom stereocenters. The zero-order valence-electron chi connectivity index (χ0n) is 9.39. The van der Waals surface area contributed by atoms with E-state index in [9.17, 15) is 0 Å². The molecule has 2 N–H and O–H groups in total. The fraction of sp³-hybridized carbons (Fsp3) is 0.0769. The Bertz CT molecular complexity index is 590. The van der Waals surface area contributed by atoms with Gasteiger partial charge in [-0.3, -0.25) is 4.98 Å². The smallest absolute Gasteiger partial charge is 0.133 e. The summed E-state index contributed by atoms with van der Waals surface area (Å²) >= 11 is 6.01. The van der Waals surface area contributed by atoms with E-state index in [1.54, 1.807) is 30.3 Å². The van der Waals surface area contributed by atoms with Gasteiger partial charge in [0.25, 0.3) is 0 Å². The highest BCUT2D eigenvalue weighted by atomic mass is 35.5. The molecular formula is C13H10ClN3O. The van der Waals surface area contributed by atoms with Crippen LogP contribution in [0.2, 0.25) is 5.02 Å². The maximum Gasteiger partial charge on any atom is 0.133 e. The number of halogens is 1. The average molecular weight is 260 g/mol. The van der Waals surface area contributed by atoms with Crippen LogP contribution in [0.1, 0.15) is 11.3 Å². The highest BCUT2D eigenvalue weighted by molar-refractivity contribution is 6.33. The SMILES string of the molecule is N#Cc1ccc(Cl)c(NCc2ccc(O)cn2)c1. The Labute approximate surface area is 109 Å². The summed E-state index contributed by atoms with van der Waals surface area (Å²) in [6.07, 6.45) is 1.38. The van der Waals surface area contributed by atoms with E-state index in [4.69, 9.17) is 22.0 Å². The summed E-state index contributed by atoms with van der Waals surface area (Å²) in [5, 5.41) is 21.6. The number of benzene rings is 1. The molecular weight excluding hydrogens is 250 g/mol. The van der Waals surface area contributed by atoms with Crippen LogP contribution in [0.5, 0.6) is 5.75 Å². The number of anilines is 1. The maximum absolute atomic E-state index is 9.11. The fourth-order valence-corrected chi connectivity index (χ4v) is 1.62. The number of aromatic nitrogens is 1. The molecule has 4 nitrogen and oxygen atoms in total. The van der Waals surface area contributed by atoms with Gasteiger partial charge in [-0.1, -0.05) is 11.6 Å². The number of hydrogen-bond acceptors (Lipinski definition) is 4. The van der Waals surface area contributed by atoms with Crippen LogP contribution in [0.3, 0.4) is 0 Å². The van der Waals surface area contributed by atoms with E-state index in [1.807, 2.05) is 0 Å². The van der Waals surface area contributed by atoms with Crippen LogP contribution in [0.25, 0.3) is 0 Å². The van der Waals surface area contributed by atoms with E-state index in [0.29, 0.717) is 22.8 Å². The largest absolute Gasteiger partial charge is 0.506 e. The van der Waals surface area contributed by atoms with Gasteiger partial charge in [0, 0.05) is 0 Å². The van der Waals surface area contributed by atoms with Crippen molar-refractivity contribution in [2.24, 2.45) is 0 Å². The Morgan fingerprint density at radius 1 is 1.33 bits per heavy atom. The molecule has 18 heavy (non-hydrogen) atoms. The van der Waals surface area contributed by atoms with Crippen molar-refractivity contribution >= 4 is 17.3 Å². The third-order valence-electron chi connectivity index (χ3n) is 2.36. The summed E-state index contributed by atoms with van der Waals surface area (Å²) < 4.78 is 0. The molecule has 0 aliphatic rings. The molecule has 0 amide bonds. The number of pyridine rings is 1. The molecule has 0 saturated carbocycles. The second-order valence-electron chi connectivity index (χ2n) is 3.67. The van der Waals surface area contributed by atoms with Gasteiger partial charge in [-0.05, 0) is 30.3 Å². The van der Waals surface area contributed by atoms with Crippen molar-refractivity contribution in [1.82, 2.24) is 4.98 Å². The highest BCUT2D eigenvalue weighted by Crippen LogP contribution is 2.23. The minimum Gasteiger partial charge on any atom is -0.506 e. The molecule has 2 rings (SSSR count). The predicted molar refractivity (Wildman–Crippen MR) is 69.4 cm³/mol. The Hall–Kier alpha value is -2.25. The van der Waals surface area contributed by atoms with Crippen LogP contribution in [0.4, 0.5) is 5.69 Å². The third-order valence-corrected chi connectivity index (χ3v) is 2.69. The number of hydrogen-bond donors (Lipinski definition) is 2. The molecule has 90 valence electrons. The Balaban J connectivity index is 2.10. The first-order chi connectivity index (χ1) is 8.69. The van der Waals surface area contributed by atoms with Gasteiger partial charge in [0.2, 0.25) is 0 Å². The van der Waals surface area contributed by atoms with Crippen LogP contribution in [0, 0.1) is 11.3 Å². The molecule has 0 aliphatic carbocycles. The number of rotatable bonds is 3. The summed E-state index contributed by atoms with van der Waals surface area (Å²) in [7, 11) is 0. The van der Waals surface area contributed by atoms with Gasteiger partial charge in [-0.25, -0.2) is 0 Å². The molecule has 1 heterocycles. The monoisotopic (exact) mass is 259 g/mol. The van der Waals surface area contributed by atoms with Crippen molar-refractivity contribution < 1.29 is 5.11 Å². The molecule has 0 fully saturated rings. The van der Waals surface area contributed by atoms with E-state index in [0.717, 1.165) is 5.69 Å². The quantitative estimate of drug-likeness (QED) is 0.889. The van der Waals surface area contributed by atoms with Crippen LogP contribution < -0.4 is 5.32 Å². The molecule has 0 spiro atoms. The normalized spacial score (nSPS) is 9.78. The lowest BCUT2D eigenvalue weighted by molar-refractivity contribution is 0.472. The van der Waals surface area contributed by atoms with Gasteiger partial charge >= 0.3 is 0 Å². The van der Waals surface area contributed by atoms with Crippen LogP contribution in [0.15, 0.2) is 36.5 Å². The van der Waals surface area contributed by atoms with Crippen molar-refractivity contribution in [3.05, 3.63) is 52.8 Å². The second-order valence-corrected chi connectivity index (χ2v) is 4.07. The summed E-state index contributed by atoms with van der Waals surface area (Å²) in [5.41, 5.74) is 2.00. The second kappa shape index (κ2) is 5.39. The summed E-state index contributed by atoms with van der Waals surface area (Å²) in [5.74, 6) is 0.128. The van der Waals surface area contributed by atoms with Gasteiger partial charge < -0.3 is 10.4 Å². The molecule has 2 aromatic rings. The lowest BCUT2D eigenvalue weighted by atomic mass is 10.2. The van der Waals surface area contributed by atoms with Gasteiger partial charge in [0.1, 0.15) is 5.75 Å². The predicted octanol–water partition coefficient (Wildman–Crippen LogP) is 2.92. The van der Waals surface area contributed by atoms with Crippen molar-refractivity contribution in [2.75, 3.05) is 5.32 Å². The maximum atomic E-state index is 9.11. The molecule has 1 aromatic carbocycles. The van der Waals surface area contributed by atoms with Crippen LogP contribution >= 0.6 is 11.6 Å². The van der Waals surface area contributed by atoms with Gasteiger partial charge in [-0.15, -0.1) is 0 Å². The number of aromatic hydroxyl groups is 1. The fourth-order valence-electron chi connectivity index (χ4n) is 1.44. The molecule has 0 radical (unpaired) electrons. The van der Waals surface area contributed by atoms with Gasteiger partial charge in [0.15, 0.2) is 0 Å². The van der Waals surface area contributed by atoms with Crippen molar-refractivity contribution in [2.45, 2.75) is 6.54 Å². The lowest BCUT2D eigenvalue weighted by Crippen LogP contribution is -2.01. The molecule has 0 aliphatic heterocycles. The third kappa shape index (κ3) is 2.90. The lowest BCUT2D eigenvalue weighted by Gasteiger charge is -2.08. The summed E-state index contributed by atoms with van der Waals surface area (Å²) in [6.45, 7) is 0.467. The topological polar surface area (TPSA) is 68.9 Å². The number of nitriles is 1. The number of nitrogens with zero attached hydrogens (tertiary/aromatic N) is 2. The molecule has 0 saturated heterocycles. The van der Waals surface area contributed by atoms with Crippen molar-refractivity contribution in [3.63, 3.8) is 0 Å². The molecule has 0 bridgehead atoms. The number of nitrogens with one attached hydrogen (secondary N) is 1. The molecule has 0 unspecified atom stereocenters. The van der Waals surface area contributed by atoms with E-state index < -0.39 is 0 Å². The van der Waals surface area contributed by atoms with Gasteiger partial charge in [-0.2, -0.15) is 5.26 Å². The summed E-state index contributed by atoms with van der Waals surface area (Å²) in [6, 6.07) is 10.3. The Morgan fingerprint density at radius 2 is 2.17 bits per heavy atom. The van der Waals surface area contributed by atoms with Crippen molar-refractivity contribution in [1.29, 1.82) is 5.26 Å². The van der Waals surface area contributed by atoms with E-state index >= 15 is 0 Å². The first-order valence-corrected chi connectivity index (χ1v) is 5.64. The van der Waals surface area contributed by atoms with Gasteiger partial charge in [0.05, 0.1) is 40.8 Å². The summed E-state index contributed by atoms with van der Waals surface area (Å²) in [4.78, 5) is 4.05. The first-order valence-electron chi connectivity index (χ1n) is 5.26. The minimum atomic E-state index is 0.128. The zero-order chi connectivity index (χ0) is 13.0. The Morgan fingerprint density at radius 3 is 2.83 bits per heavy atom. The first kappa shape index (κ1) is 12.2. The minimum absolute atomic E-state index is 0.128. The van der Waals surface area contributed by atoms with E-state index in [2.05, 4.69) is 16.4 Å². The van der Waals surface area contributed by atoms with Crippen LogP contribution in [-0.2, 0) is 6.54 Å². The Kier molecular flexibility index (Phi) is 3.66.